The fraction of sp³-hybridized carbons (Fsp3) is 0.938. The van der Waals surface area contributed by atoms with Crippen LogP contribution in [0.5, 0.6) is 0 Å². The first-order chi connectivity index (χ1) is 10.7. The maximum absolute atomic E-state index is 11.5. The number of sulfone groups is 1. The lowest BCUT2D eigenvalue weighted by Crippen LogP contribution is -2.44. The Bertz CT molecular complexity index is 466. The molecule has 23 heavy (non-hydrogen) atoms. The van der Waals surface area contributed by atoms with E-state index in [1.807, 2.05) is 6.92 Å². The highest BCUT2D eigenvalue weighted by Crippen LogP contribution is 2.11. The highest BCUT2D eigenvalue weighted by Gasteiger charge is 2.28. The zero-order valence-corrected chi connectivity index (χ0v) is 16.1. The van der Waals surface area contributed by atoms with Gasteiger partial charge in [0.05, 0.1) is 11.5 Å². The topological polar surface area (TPSA) is 73.8 Å². The van der Waals surface area contributed by atoms with Crippen molar-refractivity contribution in [3.63, 3.8) is 0 Å². The van der Waals surface area contributed by atoms with Crippen LogP contribution in [0.4, 0.5) is 0 Å². The minimum absolute atomic E-state index is 0.0133. The molecular formula is C16H34N4O2S. The van der Waals surface area contributed by atoms with E-state index in [1.54, 1.807) is 0 Å². The Kier molecular flexibility index (Phi) is 8.33. The predicted octanol–water partition coefficient (Wildman–Crippen LogP) is 1.24. The molecule has 1 atom stereocenters. The largest absolute Gasteiger partial charge is 0.357 e. The van der Waals surface area contributed by atoms with E-state index in [-0.39, 0.29) is 17.5 Å². The summed E-state index contributed by atoms with van der Waals surface area (Å²) in [6.07, 6.45) is 1.66. The minimum atomic E-state index is -2.86. The van der Waals surface area contributed by atoms with Crippen LogP contribution in [0.25, 0.3) is 0 Å². The monoisotopic (exact) mass is 346 g/mol. The van der Waals surface area contributed by atoms with Crippen molar-refractivity contribution >= 4 is 15.8 Å². The van der Waals surface area contributed by atoms with Gasteiger partial charge in [-0.3, -0.25) is 9.89 Å². The highest BCUT2D eigenvalue weighted by molar-refractivity contribution is 7.91. The summed E-state index contributed by atoms with van der Waals surface area (Å²) in [4.78, 5) is 7.05. The van der Waals surface area contributed by atoms with Crippen LogP contribution in [0.3, 0.4) is 0 Å². The van der Waals surface area contributed by atoms with Gasteiger partial charge in [0, 0.05) is 37.8 Å². The maximum atomic E-state index is 11.5. The van der Waals surface area contributed by atoms with Crippen LogP contribution in [0, 0.1) is 0 Å². The molecule has 0 amide bonds. The highest BCUT2D eigenvalue weighted by atomic mass is 32.2. The van der Waals surface area contributed by atoms with E-state index in [2.05, 4.69) is 48.2 Å². The Labute approximate surface area is 142 Å². The predicted molar refractivity (Wildman–Crippen MR) is 97.8 cm³/mol. The fourth-order valence-electron chi connectivity index (χ4n) is 2.98. The van der Waals surface area contributed by atoms with Gasteiger partial charge in [0.25, 0.3) is 0 Å². The SMILES string of the molecule is CCNC(=NCCCN(C(C)C)C(C)C)NC1CCS(=O)(=O)C1. The third-order valence-electron chi connectivity index (χ3n) is 4.09. The van der Waals surface area contributed by atoms with Crippen molar-refractivity contribution in [2.75, 3.05) is 31.1 Å². The lowest BCUT2D eigenvalue weighted by molar-refractivity contribution is 0.174. The van der Waals surface area contributed by atoms with E-state index in [9.17, 15) is 8.42 Å². The molecule has 1 heterocycles. The second-order valence-corrected chi connectivity index (χ2v) is 9.01. The smallest absolute Gasteiger partial charge is 0.191 e. The molecule has 2 N–H and O–H groups in total. The van der Waals surface area contributed by atoms with E-state index < -0.39 is 9.84 Å². The van der Waals surface area contributed by atoms with Gasteiger partial charge in [-0.2, -0.15) is 0 Å². The van der Waals surface area contributed by atoms with E-state index in [0.717, 1.165) is 32.0 Å². The number of nitrogens with zero attached hydrogens (tertiary/aromatic N) is 2. The van der Waals surface area contributed by atoms with Crippen LogP contribution in [-0.4, -0.2) is 68.5 Å². The quantitative estimate of drug-likeness (QED) is 0.393. The van der Waals surface area contributed by atoms with Crippen molar-refractivity contribution in [2.45, 2.75) is 65.6 Å². The standard InChI is InChI=1S/C16H34N4O2S/c1-6-17-16(19-15-8-11-23(21,22)12-15)18-9-7-10-20(13(2)3)14(4)5/h13-15H,6-12H2,1-5H3,(H2,17,18,19). The van der Waals surface area contributed by atoms with Gasteiger partial charge < -0.3 is 10.6 Å². The minimum Gasteiger partial charge on any atom is -0.357 e. The number of rotatable bonds is 8. The number of guanidine groups is 1. The average molecular weight is 347 g/mol. The normalized spacial score (nSPS) is 21.4. The summed E-state index contributed by atoms with van der Waals surface area (Å²) < 4.78 is 23.1. The molecule has 1 unspecified atom stereocenters. The summed E-state index contributed by atoms with van der Waals surface area (Å²) >= 11 is 0. The summed E-state index contributed by atoms with van der Waals surface area (Å²) in [6.45, 7) is 13.4. The zero-order chi connectivity index (χ0) is 17.5. The van der Waals surface area contributed by atoms with Gasteiger partial charge in [-0.15, -0.1) is 0 Å². The van der Waals surface area contributed by atoms with Crippen LogP contribution >= 0.6 is 0 Å². The van der Waals surface area contributed by atoms with Gasteiger partial charge in [-0.1, -0.05) is 0 Å². The number of nitrogens with one attached hydrogen (secondary N) is 2. The van der Waals surface area contributed by atoms with Crippen molar-refractivity contribution < 1.29 is 8.42 Å². The maximum Gasteiger partial charge on any atom is 0.191 e. The Morgan fingerprint density at radius 3 is 2.39 bits per heavy atom. The molecule has 1 saturated heterocycles. The molecule has 0 spiro atoms. The second kappa shape index (κ2) is 9.47. The molecule has 1 aliphatic rings. The molecule has 1 fully saturated rings. The first-order valence-electron chi connectivity index (χ1n) is 8.76. The van der Waals surface area contributed by atoms with Crippen molar-refractivity contribution in [2.24, 2.45) is 4.99 Å². The summed E-state index contributed by atoms with van der Waals surface area (Å²) in [6, 6.07) is 1.06. The van der Waals surface area contributed by atoms with Crippen molar-refractivity contribution in [3.05, 3.63) is 0 Å². The lowest BCUT2D eigenvalue weighted by atomic mass is 10.2. The van der Waals surface area contributed by atoms with Crippen molar-refractivity contribution in [3.8, 4) is 0 Å². The van der Waals surface area contributed by atoms with Crippen molar-refractivity contribution in [1.82, 2.24) is 15.5 Å². The molecule has 0 bridgehead atoms. The van der Waals surface area contributed by atoms with E-state index in [0.29, 0.717) is 18.5 Å². The Morgan fingerprint density at radius 1 is 1.26 bits per heavy atom. The van der Waals surface area contributed by atoms with Gasteiger partial charge in [-0.05, 0) is 47.5 Å². The molecule has 0 aromatic heterocycles. The Hall–Kier alpha value is -0.820. The van der Waals surface area contributed by atoms with E-state index in [1.165, 1.54) is 0 Å². The average Bonchev–Trinajstić information content (AvgIpc) is 2.76. The molecule has 0 aromatic rings. The number of aliphatic imine (C=N–C) groups is 1. The van der Waals surface area contributed by atoms with Gasteiger partial charge >= 0.3 is 0 Å². The molecule has 1 rings (SSSR count). The number of hydrogen-bond donors (Lipinski definition) is 2. The first-order valence-corrected chi connectivity index (χ1v) is 10.6. The van der Waals surface area contributed by atoms with E-state index in [4.69, 9.17) is 0 Å². The van der Waals surface area contributed by atoms with Crippen LogP contribution < -0.4 is 10.6 Å². The summed E-state index contributed by atoms with van der Waals surface area (Å²) in [5, 5.41) is 6.45. The first kappa shape index (κ1) is 20.2. The zero-order valence-electron chi connectivity index (χ0n) is 15.3. The summed E-state index contributed by atoms with van der Waals surface area (Å²) in [5.74, 6) is 1.23. The molecule has 1 aliphatic heterocycles. The van der Waals surface area contributed by atoms with Gasteiger partial charge in [0.15, 0.2) is 15.8 Å². The van der Waals surface area contributed by atoms with Gasteiger partial charge in [-0.25, -0.2) is 8.42 Å². The molecule has 0 aromatic carbocycles. The van der Waals surface area contributed by atoms with E-state index >= 15 is 0 Å². The molecular weight excluding hydrogens is 312 g/mol. The van der Waals surface area contributed by atoms with Gasteiger partial charge in [0.2, 0.25) is 0 Å². The Balaban J connectivity index is 2.46. The molecule has 0 saturated carbocycles. The Morgan fingerprint density at radius 2 is 1.91 bits per heavy atom. The third kappa shape index (κ3) is 7.52. The molecule has 0 aliphatic carbocycles. The molecule has 0 radical (unpaired) electrons. The molecule has 7 heteroatoms. The van der Waals surface area contributed by atoms with Crippen LogP contribution in [-0.2, 0) is 9.84 Å². The molecule has 6 nitrogen and oxygen atoms in total. The summed E-state index contributed by atoms with van der Waals surface area (Å²) in [5.41, 5.74) is 0. The fourth-order valence-corrected chi connectivity index (χ4v) is 4.65. The molecule has 136 valence electrons. The third-order valence-corrected chi connectivity index (χ3v) is 5.86. The second-order valence-electron chi connectivity index (χ2n) is 6.78. The van der Waals surface area contributed by atoms with Crippen LogP contribution in [0.1, 0.15) is 47.5 Å². The number of hydrogen-bond acceptors (Lipinski definition) is 4. The van der Waals surface area contributed by atoms with Crippen molar-refractivity contribution in [1.29, 1.82) is 0 Å². The van der Waals surface area contributed by atoms with Gasteiger partial charge in [0.1, 0.15) is 0 Å². The summed E-state index contributed by atoms with van der Waals surface area (Å²) in [7, 11) is -2.86. The van der Waals surface area contributed by atoms with Crippen LogP contribution in [0.15, 0.2) is 4.99 Å². The van der Waals surface area contributed by atoms with Crippen LogP contribution in [0.2, 0.25) is 0 Å². The lowest BCUT2D eigenvalue weighted by Gasteiger charge is -2.30.